The molecule has 0 bridgehead atoms. The molecule has 3 N–H and O–H groups in total. The first-order chi connectivity index (χ1) is 13.0. The minimum absolute atomic E-state index is 0.00674. The van der Waals surface area contributed by atoms with Gasteiger partial charge in [0.2, 0.25) is 0 Å². The van der Waals surface area contributed by atoms with Crippen LogP contribution >= 0.6 is 22.9 Å². The number of benzene rings is 1. The highest BCUT2D eigenvalue weighted by Gasteiger charge is 2.15. The van der Waals surface area contributed by atoms with Crippen molar-refractivity contribution in [2.45, 2.75) is 6.42 Å². The Bertz CT molecular complexity index is 781. The van der Waals surface area contributed by atoms with E-state index in [0.717, 1.165) is 11.3 Å². The monoisotopic (exact) mass is 412 g/mol. The minimum atomic E-state index is -0.367. The van der Waals surface area contributed by atoms with Gasteiger partial charge in [0.15, 0.2) is 0 Å². The first-order valence-corrected chi connectivity index (χ1v) is 9.46. The van der Waals surface area contributed by atoms with Crippen molar-refractivity contribution in [3.63, 3.8) is 0 Å². The van der Waals surface area contributed by atoms with Crippen LogP contribution in [0.1, 0.15) is 25.8 Å². The van der Waals surface area contributed by atoms with Crippen molar-refractivity contribution >= 4 is 40.4 Å². The fourth-order valence-electron chi connectivity index (χ4n) is 2.09. The number of carbonyl (C=O) groups excluding carboxylic acids is 2. The highest BCUT2D eigenvalue weighted by atomic mass is 35.5. The second kappa shape index (κ2) is 10.9. The summed E-state index contributed by atoms with van der Waals surface area (Å²) >= 11 is 7.09. The molecule has 2 aromatic rings. The molecule has 0 saturated heterocycles. The van der Waals surface area contributed by atoms with Gasteiger partial charge in [-0.05, 0) is 36.8 Å². The zero-order valence-corrected chi connectivity index (χ0v) is 16.4. The van der Waals surface area contributed by atoms with Crippen molar-refractivity contribution in [3.05, 3.63) is 45.1 Å². The molecule has 0 saturated carbocycles. The van der Waals surface area contributed by atoms with Crippen LogP contribution in [0.2, 0.25) is 5.02 Å². The number of halogens is 1. The van der Waals surface area contributed by atoms with E-state index in [1.165, 1.54) is 0 Å². The van der Waals surface area contributed by atoms with Crippen LogP contribution in [0.4, 0.5) is 5.69 Å². The number of carbonyl (C=O) groups is 2. The average Bonchev–Trinajstić information content (AvgIpc) is 3.14. The third-order valence-corrected chi connectivity index (χ3v) is 4.73. The van der Waals surface area contributed by atoms with Crippen LogP contribution in [-0.4, -0.2) is 50.4 Å². The largest absolute Gasteiger partial charge is 0.489 e. The molecule has 0 aliphatic rings. The predicted octanol–water partition coefficient (Wildman–Crippen LogP) is 2.79. The number of ether oxygens (including phenoxy) is 2. The lowest BCUT2D eigenvalue weighted by molar-refractivity contribution is 0.0954. The smallest absolute Gasteiger partial charge is 0.265 e. The Kier molecular flexibility index (Phi) is 8.53. The van der Waals surface area contributed by atoms with Gasteiger partial charge in [0.1, 0.15) is 12.4 Å². The maximum absolute atomic E-state index is 12.5. The highest BCUT2D eigenvalue weighted by Crippen LogP contribution is 2.29. The van der Waals surface area contributed by atoms with Crippen molar-refractivity contribution in [1.82, 2.24) is 5.32 Å². The maximum atomic E-state index is 12.5. The summed E-state index contributed by atoms with van der Waals surface area (Å²) in [5.74, 6) is -0.171. The van der Waals surface area contributed by atoms with E-state index in [-0.39, 0.29) is 18.4 Å². The SMILES string of the molecule is COCCOc1ccc(Cl)cc1NC(=O)c1ccc(C(=O)NCCCO)s1. The van der Waals surface area contributed by atoms with Gasteiger partial charge in [-0.1, -0.05) is 11.6 Å². The molecule has 0 spiro atoms. The number of rotatable bonds is 10. The van der Waals surface area contributed by atoms with Gasteiger partial charge in [0.25, 0.3) is 11.8 Å². The standard InChI is InChI=1S/C18H21ClN2O5S/c1-25-9-10-26-14-4-3-12(19)11-13(14)21-18(24)16-6-5-15(27-16)17(23)20-7-2-8-22/h3-6,11,22H,2,7-10H2,1H3,(H,20,23)(H,21,24). The number of amides is 2. The summed E-state index contributed by atoms with van der Waals surface area (Å²) in [6.45, 7) is 1.13. The Balaban J connectivity index is 2.04. The van der Waals surface area contributed by atoms with Crippen LogP contribution < -0.4 is 15.4 Å². The van der Waals surface area contributed by atoms with Gasteiger partial charge in [-0.25, -0.2) is 0 Å². The first kappa shape index (κ1) is 21.2. The summed E-state index contributed by atoms with van der Waals surface area (Å²) in [4.78, 5) is 25.3. The predicted molar refractivity (Wildman–Crippen MR) is 105 cm³/mol. The zero-order chi connectivity index (χ0) is 19.6. The molecule has 0 radical (unpaired) electrons. The van der Waals surface area contributed by atoms with E-state index >= 15 is 0 Å². The van der Waals surface area contributed by atoms with Crippen molar-refractivity contribution in [1.29, 1.82) is 0 Å². The Morgan fingerprint density at radius 1 is 1.15 bits per heavy atom. The molecule has 1 heterocycles. The number of aliphatic hydroxyl groups is 1. The molecular formula is C18H21ClN2O5S. The summed E-state index contributed by atoms with van der Waals surface area (Å²) in [7, 11) is 1.57. The summed E-state index contributed by atoms with van der Waals surface area (Å²) in [5.41, 5.74) is 0.436. The summed E-state index contributed by atoms with van der Waals surface area (Å²) < 4.78 is 10.5. The van der Waals surface area contributed by atoms with Crippen LogP contribution in [0.3, 0.4) is 0 Å². The topological polar surface area (TPSA) is 96.9 Å². The number of hydrogen-bond acceptors (Lipinski definition) is 6. The molecule has 146 valence electrons. The first-order valence-electron chi connectivity index (χ1n) is 8.26. The third kappa shape index (κ3) is 6.51. The van der Waals surface area contributed by atoms with Crippen LogP contribution in [0.25, 0.3) is 0 Å². The summed E-state index contributed by atoms with van der Waals surface area (Å²) in [6, 6.07) is 8.10. The highest BCUT2D eigenvalue weighted by molar-refractivity contribution is 7.16. The van der Waals surface area contributed by atoms with Crippen molar-refractivity contribution in [2.75, 3.05) is 38.8 Å². The van der Waals surface area contributed by atoms with Crippen LogP contribution in [0.5, 0.6) is 5.75 Å². The van der Waals surface area contributed by atoms with E-state index in [2.05, 4.69) is 10.6 Å². The molecule has 0 unspecified atom stereocenters. The Morgan fingerprint density at radius 3 is 2.59 bits per heavy atom. The van der Waals surface area contributed by atoms with Crippen molar-refractivity contribution in [2.24, 2.45) is 0 Å². The third-order valence-electron chi connectivity index (χ3n) is 3.41. The fourth-order valence-corrected chi connectivity index (χ4v) is 3.08. The second-order valence-electron chi connectivity index (χ2n) is 5.43. The van der Waals surface area contributed by atoms with Gasteiger partial charge < -0.3 is 25.2 Å². The second-order valence-corrected chi connectivity index (χ2v) is 6.95. The molecular weight excluding hydrogens is 392 g/mol. The lowest BCUT2D eigenvalue weighted by atomic mass is 10.3. The quantitative estimate of drug-likeness (QED) is 0.521. The zero-order valence-electron chi connectivity index (χ0n) is 14.8. The van der Waals surface area contributed by atoms with E-state index in [1.54, 1.807) is 37.4 Å². The van der Waals surface area contributed by atoms with Crippen molar-refractivity contribution < 1.29 is 24.2 Å². The number of anilines is 1. The minimum Gasteiger partial charge on any atom is -0.489 e. The van der Waals surface area contributed by atoms with Gasteiger partial charge in [0.05, 0.1) is 22.0 Å². The number of thiophene rings is 1. The summed E-state index contributed by atoms with van der Waals surface area (Å²) in [6.07, 6.45) is 0.477. The maximum Gasteiger partial charge on any atom is 0.265 e. The molecule has 9 heteroatoms. The molecule has 0 aliphatic carbocycles. The lowest BCUT2D eigenvalue weighted by Crippen LogP contribution is -2.24. The van der Waals surface area contributed by atoms with Gasteiger partial charge in [-0.15, -0.1) is 11.3 Å². The van der Waals surface area contributed by atoms with Crippen LogP contribution in [0.15, 0.2) is 30.3 Å². The molecule has 7 nitrogen and oxygen atoms in total. The fraction of sp³-hybridized carbons (Fsp3) is 0.333. The molecule has 1 aromatic heterocycles. The van der Waals surface area contributed by atoms with Crippen LogP contribution in [-0.2, 0) is 4.74 Å². The molecule has 2 amide bonds. The molecule has 1 aromatic carbocycles. The lowest BCUT2D eigenvalue weighted by Gasteiger charge is -2.12. The van der Waals surface area contributed by atoms with Crippen molar-refractivity contribution in [3.8, 4) is 5.75 Å². The van der Waals surface area contributed by atoms with E-state index in [9.17, 15) is 9.59 Å². The number of hydrogen-bond donors (Lipinski definition) is 3. The van der Waals surface area contributed by atoms with Gasteiger partial charge in [-0.2, -0.15) is 0 Å². The Morgan fingerprint density at radius 2 is 1.89 bits per heavy atom. The average molecular weight is 413 g/mol. The van der Waals surface area contributed by atoms with E-state index in [0.29, 0.717) is 52.4 Å². The molecule has 0 aliphatic heterocycles. The van der Waals surface area contributed by atoms with Gasteiger partial charge >= 0.3 is 0 Å². The van der Waals surface area contributed by atoms with Gasteiger partial charge in [0, 0.05) is 25.3 Å². The number of aliphatic hydroxyl groups excluding tert-OH is 1. The normalized spacial score (nSPS) is 10.5. The van der Waals surface area contributed by atoms with E-state index < -0.39 is 0 Å². The van der Waals surface area contributed by atoms with E-state index in [4.69, 9.17) is 26.2 Å². The molecule has 0 fully saturated rings. The Hall–Kier alpha value is -2.13. The molecule has 2 rings (SSSR count). The van der Waals surface area contributed by atoms with Gasteiger partial charge in [-0.3, -0.25) is 9.59 Å². The van der Waals surface area contributed by atoms with E-state index in [1.807, 2.05) is 0 Å². The number of methoxy groups -OCH3 is 1. The number of nitrogens with one attached hydrogen (secondary N) is 2. The molecule has 0 atom stereocenters. The van der Waals surface area contributed by atoms with Crippen LogP contribution in [0, 0.1) is 0 Å². The summed E-state index contributed by atoms with van der Waals surface area (Å²) in [5, 5.41) is 14.6. The Labute approximate surface area is 166 Å². The molecule has 27 heavy (non-hydrogen) atoms.